The van der Waals surface area contributed by atoms with Crippen molar-refractivity contribution in [3.63, 3.8) is 0 Å². The van der Waals surface area contributed by atoms with Gasteiger partial charge in [-0.25, -0.2) is 24.9 Å². The molecule has 0 N–H and O–H groups in total. The predicted molar refractivity (Wildman–Crippen MR) is 505 cm³/mol. The van der Waals surface area contributed by atoms with Gasteiger partial charge in [-0.1, -0.05) is 328 Å². The molecule has 0 spiro atoms. The van der Waals surface area contributed by atoms with Crippen molar-refractivity contribution < 1.29 is 0 Å². The van der Waals surface area contributed by atoms with Crippen LogP contribution in [-0.2, 0) is 0 Å². The third-order valence-electron chi connectivity index (χ3n) is 22.9. The fraction of sp³-hybridized carbons (Fsp3) is 0. The quantitative estimate of drug-likeness (QED) is 0.110. The van der Waals surface area contributed by atoms with Gasteiger partial charge in [0.15, 0.2) is 5.82 Å². The van der Waals surface area contributed by atoms with E-state index in [1.807, 2.05) is 116 Å². The van der Waals surface area contributed by atoms with E-state index in [1.165, 1.54) is 82.0 Å². The summed E-state index contributed by atoms with van der Waals surface area (Å²) in [7, 11) is 0. The van der Waals surface area contributed by atoms with E-state index in [1.54, 1.807) is 24.8 Å². The van der Waals surface area contributed by atoms with Crippen LogP contribution in [0.4, 0.5) is 0 Å². The maximum atomic E-state index is 5.05. The molecule has 0 aliphatic rings. The average Bonchev–Trinajstić information content (AvgIpc) is 0.814. The van der Waals surface area contributed by atoms with Crippen LogP contribution in [0.3, 0.4) is 0 Å². The summed E-state index contributed by atoms with van der Waals surface area (Å²) in [5.41, 5.74) is 29.5. The van der Waals surface area contributed by atoms with Crippen LogP contribution >= 0.6 is 0 Å². The second kappa shape index (κ2) is 32.5. The van der Waals surface area contributed by atoms with E-state index in [2.05, 4.69) is 313 Å². The predicted octanol–water partition coefficient (Wildman–Crippen LogP) is 28.8. The van der Waals surface area contributed by atoms with Crippen LogP contribution in [0.1, 0.15) is 0 Å². The van der Waals surface area contributed by atoms with Crippen LogP contribution in [0.5, 0.6) is 0 Å². The molecule has 0 aliphatic carbocycles. The van der Waals surface area contributed by atoms with Gasteiger partial charge in [-0.05, 0) is 178 Å². The summed E-state index contributed by atoms with van der Waals surface area (Å²) in [4.78, 5) is 42.8. The zero-order valence-corrected chi connectivity index (χ0v) is 66.2. The standard InChI is InChI=1S/C40H26N4.C40H26N2.C33H21N3/c1-2-4-36-34(3-1)26-43-40-23-33(13-14-37(36)40)29-9-5-27(6-10-29)28-7-11-30(12-8-28)35-24-38(31-15-19-41-20-16-31)44-39(25-35)32-17-21-42-22-18-32;1-2-9-31(10-3-1)39-40(42-38-13-7-6-12-37(38)41-39)32-21-18-28(19-22-32)27-14-16-29(17-15-27)33-24-25-36-34(26-33)23-20-30-8-4-5-11-35(30)36;1-2-9-22(10-3-1)32-29-15-6-7-16-30(29)35-33(36-32)25-13-8-12-23(19-25)24-17-18-28-27-14-5-4-11-26(27)21-34-31(28)20-24/h1-26H;1-26H;1-21H. The molecule has 16 aromatic carbocycles. The summed E-state index contributed by atoms with van der Waals surface area (Å²) in [5, 5.41) is 13.3. The molecule has 0 radical (unpaired) electrons. The second-order valence-electron chi connectivity index (χ2n) is 30.4. The number of fused-ring (bicyclic) bond motifs is 11. The monoisotopic (exact) mass is 1560 g/mol. The van der Waals surface area contributed by atoms with Gasteiger partial charge in [-0.2, -0.15) is 0 Å². The van der Waals surface area contributed by atoms with E-state index in [0.29, 0.717) is 0 Å². The fourth-order valence-electron chi connectivity index (χ4n) is 16.6. The molecule has 0 amide bonds. The van der Waals surface area contributed by atoms with Crippen molar-refractivity contribution in [3.8, 4) is 134 Å². The first-order valence-corrected chi connectivity index (χ1v) is 40.9. The van der Waals surface area contributed by atoms with Crippen molar-refractivity contribution in [2.24, 2.45) is 0 Å². The molecule has 9 nitrogen and oxygen atoms in total. The minimum absolute atomic E-state index is 0.722. The van der Waals surface area contributed by atoms with Crippen molar-refractivity contribution in [2.75, 3.05) is 0 Å². The molecular formula is C113H73N9. The summed E-state index contributed by atoms with van der Waals surface area (Å²) in [6, 6.07) is 142. The lowest BCUT2D eigenvalue weighted by Crippen LogP contribution is -1.95. The Morgan fingerprint density at radius 1 is 0.148 bits per heavy atom. The maximum Gasteiger partial charge on any atom is 0.160 e. The average molecular weight is 1560 g/mol. The smallest absolute Gasteiger partial charge is 0.160 e. The highest BCUT2D eigenvalue weighted by atomic mass is 14.9. The minimum Gasteiger partial charge on any atom is -0.265 e. The molecule has 0 fully saturated rings. The summed E-state index contributed by atoms with van der Waals surface area (Å²) in [6.07, 6.45) is 11.1. The van der Waals surface area contributed by atoms with E-state index >= 15 is 0 Å². The summed E-state index contributed by atoms with van der Waals surface area (Å²) in [5.74, 6) is 0.722. The molecule has 0 aliphatic heterocycles. The molecule has 23 rings (SSSR count). The second-order valence-corrected chi connectivity index (χ2v) is 30.4. The highest BCUT2D eigenvalue weighted by molar-refractivity contribution is 6.10. The van der Waals surface area contributed by atoms with Crippen LogP contribution in [0.15, 0.2) is 444 Å². The molecule has 570 valence electrons. The van der Waals surface area contributed by atoms with Crippen LogP contribution in [0, 0.1) is 0 Å². The fourth-order valence-corrected chi connectivity index (χ4v) is 16.6. The highest BCUT2D eigenvalue weighted by Gasteiger charge is 2.18. The normalized spacial score (nSPS) is 11.3. The molecule has 7 heterocycles. The first-order chi connectivity index (χ1) is 60.4. The number of benzene rings is 16. The van der Waals surface area contributed by atoms with E-state index in [4.69, 9.17) is 34.9 Å². The van der Waals surface area contributed by atoms with Gasteiger partial charge in [0.2, 0.25) is 0 Å². The SMILES string of the molecule is c1ccc(-c2nc(-c3cccc(-c4ccc5c(c4)ncc4ccccc45)c3)nc3ccccc23)cc1.c1ccc(-c2nc3ccccc3nc2-c2ccc(-c3ccc(-c4ccc5c(ccc6ccccc65)c4)cc3)cc2)cc1.c1ccc2c(c1)cnc1cc(-c3ccc(-c4ccc(-c5cc(-c6ccncc6)nc(-c6ccncc6)c5)cc4)cc3)ccc12. The number of hydrogen-bond donors (Lipinski definition) is 0. The molecule has 0 atom stereocenters. The Morgan fingerprint density at radius 3 is 1.01 bits per heavy atom. The molecular weight excluding hydrogens is 1480 g/mol. The lowest BCUT2D eigenvalue weighted by molar-refractivity contribution is 1.23. The zero-order chi connectivity index (χ0) is 81.1. The van der Waals surface area contributed by atoms with E-state index < -0.39 is 0 Å². The third-order valence-corrected chi connectivity index (χ3v) is 22.9. The Balaban J connectivity index is 0.000000113. The van der Waals surface area contributed by atoms with Crippen molar-refractivity contribution >= 4 is 86.8 Å². The molecule has 122 heavy (non-hydrogen) atoms. The van der Waals surface area contributed by atoms with Gasteiger partial charge in [0.05, 0.1) is 56.1 Å². The lowest BCUT2D eigenvalue weighted by atomic mass is 9.95. The van der Waals surface area contributed by atoms with Crippen LogP contribution in [0.2, 0.25) is 0 Å². The number of pyridine rings is 5. The number of nitrogens with zero attached hydrogens (tertiary/aromatic N) is 9. The minimum atomic E-state index is 0.722. The first kappa shape index (κ1) is 73.2. The van der Waals surface area contributed by atoms with Crippen molar-refractivity contribution in [1.29, 1.82) is 0 Å². The van der Waals surface area contributed by atoms with Crippen LogP contribution < -0.4 is 0 Å². The Kier molecular flexibility index (Phi) is 19.5. The topological polar surface area (TPSA) is 116 Å². The Bertz CT molecular complexity index is 7770. The van der Waals surface area contributed by atoms with Gasteiger partial charge < -0.3 is 0 Å². The largest absolute Gasteiger partial charge is 0.265 e. The number of aromatic nitrogens is 9. The van der Waals surface area contributed by atoms with Gasteiger partial charge in [0.1, 0.15) is 0 Å². The summed E-state index contributed by atoms with van der Waals surface area (Å²) in [6.45, 7) is 0. The molecule has 0 bridgehead atoms. The molecule has 9 heteroatoms. The van der Waals surface area contributed by atoms with Crippen molar-refractivity contribution in [2.45, 2.75) is 0 Å². The molecule has 0 saturated carbocycles. The zero-order valence-electron chi connectivity index (χ0n) is 66.2. The van der Waals surface area contributed by atoms with E-state index in [-0.39, 0.29) is 0 Å². The van der Waals surface area contributed by atoms with Gasteiger partial charge >= 0.3 is 0 Å². The molecule has 23 aromatic rings. The van der Waals surface area contributed by atoms with Crippen molar-refractivity contribution in [1.82, 2.24) is 44.9 Å². The Labute approximate surface area is 705 Å². The van der Waals surface area contributed by atoms with Gasteiger partial charge in [-0.15, -0.1) is 0 Å². The van der Waals surface area contributed by atoms with Gasteiger partial charge in [0.25, 0.3) is 0 Å². The molecule has 0 unspecified atom stereocenters. The van der Waals surface area contributed by atoms with E-state index in [0.717, 1.165) is 139 Å². The summed E-state index contributed by atoms with van der Waals surface area (Å²) >= 11 is 0. The molecule has 0 saturated heterocycles. The van der Waals surface area contributed by atoms with Crippen LogP contribution in [-0.4, -0.2) is 44.9 Å². The maximum absolute atomic E-state index is 5.05. The molecule has 7 aromatic heterocycles. The Morgan fingerprint density at radius 2 is 0.492 bits per heavy atom. The van der Waals surface area contributed by atoms with E-state index in [9.17, 15) is 0 Å². The summed E-state index contributed by atoms with van der Waals surface area (Å²) < 4.78 is 0. The Hall–Kier alpha value is -16.5. The first-order valence-electron chi connectivity index (χ1n) is 40.9. The van der Waals surface area contributed by atoms with Gasteiger partial charge in [-0.3, -0.25) is 19.9 Å². The van der Waals surface area contributed by atoms with Gasteiger partial charge in [0, 0.05) is 97.5 Å². The van der Waals surface area contributed by atoms with Crippen molar-refractivity contribution in [3.05, 3.63) is 444 Å². The van der Waals surface area contributed by atoms with Crippen LogP contribution in [0.25, 0.3) is 221 Å². The number of rotatable bonds is 12. The lowest BCUT2D eigenvalue weighted by Gasteiger charge is -2.12. The number of hydrogen-bond acceptors (Lipinski definition) is 9. The number of para-hydroxylation sites is 3. The third kappa shape index (κ3) is 14.9. The highest BCUT2D eigenvalue weighted by Crippen LogP contribution is 2.40.